The lowest BCUT2D eigenvalue weighted by Crippen LogP contribution is -2.39. The summed E-state index contributed by atoms with van der Waals surface area (Å²) in [6.45, 7) is 0. The first kappa shape index (κ1) is 12.6. The highest BCUT2D eigenvalue weighted by atomic mass is 35.5. The van der Waals surface area contributed by atoms with Crippen molar-refractivity contribution >= 4 is 40.2 Å². The van der Waals surface area contributed by atoms with Gasteiger partial charge in [-0.25, -0.2) is 21.8 Å². The van der Waals surface area contributed by atoms with E-state index in [1.165, 1.54) is 6.33 Å². The summed E-state index contributed by atoms with van der Waals surface area (Å²) in [5.74, 6) is 11.5. The van der Waals surface area contributed by atoms with E-state index in [1.54, 1.807) is 6.07 Å². The monoisotopic (exact) mass is 290 g/mol. The van der Waals surface area contributed by atoms with Crippen LogP contribution in [0.1, 0.15) is 0 Å². The van der Waals surface area contributed by atoms with E-state index in [0.717, 1.165) is 5.12 Å². The number of para-hydroxylation sites is 1. The van der Waals surface area contributed by atoms with Crippen LogP contribution >= 0.6 is 11.6 Å². The second-order valence-electron chi connectivity index (χ2n) is 3.99. The molecule has 2 heterocycles. The molecule has 3 aromatic rings. The van der Waals surface area contributed by atoms with Crippen molar-refractivity contribution in [1.82, 2.24) is 19.9 Å². The molecular weight excluding hydrogens is 280 g/mol. The van der Waals surface area contributed by atoms with Gasteiger partial charge in [-0.2, -0.15) is 9.97 Å². The maximum Gasteiger partial charge on any atom is 0.259 e. The molecule has 0 aliphatic carbocycles. The normalized spacial score (nSPS) is 10.8. The van der Waals surface area contributed by atoms with Crippen molar-refractivity contribution in [3.05, 3.63) is 35.6 Å². The van der Waals surface area contributed by atoms with E-state index in [-0.39, 0.29) is 5.95 Å². The van der Waals surface area contributed by atoms with Gasteiger partial charge in [0.05, 0.1) is 17.0 Å². The van der Waals surface area contributed by atoms with Gasteiger partial charge in [-0.15, -0.1) is 0 Å². The number of imidazole rings is 1. The number of aromatic amines is 1. The summed E-state index contributed by atoms with van der Waals surface area (Å²) in [4.78, 5) is 15.4. The summed E-state index contributed by atoms with van der Waals surface area (Å²) < 4.78 is 0. The fourth-order valence-electron chi connectivity index (χ4n) is 1.72. The Morgan fingerprint density at radius 1 is 1.20 bits per heavy atom. The number of nitrogens with one attached hydrogen (secondary N) is 2. The minimum Gasteiger partial charge on any atom is -0.340 e. The molecule has 0 atom stereocenters. The summed E-state index contributed by atoms with van der Waals surface area (Å²) >= 11 is 6.11. The van der Waals surface area contributed by atoms with Crippen LogP contribution in [0.4, 0.5) is 17.5 Å². The molecule has 20 heavy (non-hydrogen) atoms. The van der Waals surface area contributed by atoms with Crippen LogP contribution in [0.2, 0.25) is 5.02 Å². The Bertz CT molecular complexity index is 753. The van der Waals surface area contributed by atoms with Crippen molar-refractivity contribution in [3.63, 3.8) is 0 Å². The molecule has 9 heteroatoms. The number of hydrazine groups is 2. The van der Waals surface area contributed by atoms with Crippen LogP contribution in [0.15, 0.2) is 30.6 Å². The highest BCUT2D eigenvalue weighted by Gasteiger charge is 2.12. The molecule has 0 fully saturated rings. The van der Waals surface area contributed by atoms with Gasteiger partial charge in [0, 0.05) is 0 Å². The number of anilines is 3. The summed E-state index contributed by atoms with van der Waals surface area (Å²) in [6, 6.07) is 7.30. The third kappa shape index (κ3) is 2.23. The van der Waals surface area contributed by atoms with Crippen LogP contribution in [-0.4, -0.2) is 19.9 Å². The molecule has 1 aromatic carbocycles. The van der Waals surface area contributed by atoms with Crippen molar-refractivity contribution in [1.29, 1.82) is 0 Å². The molecule has 0 radical (unpaired) electrons. The average Bonchev–Trinajstić information content (AvgIpc) is 2.89. The number of aromatic nitrogens is 4. The summed E-state index contributed by atoms with van der Waals surface area (Å²) in [5, 5.41) is 4.50. The van der Waals surface area contributed by atoms with E-state index in [4.69, 9.17) is 23.3 Å². The van der Waals surface area contributed by atoms with Gasteiger partial charge in [0.1, 0.15) is 5.52 Å². The van der Waals surface area contributed by atoms with Crippen LogP contribution in [0.3, 0.4) is 0 Å². The third-order valence-electron chi connectivity index (χ3n) is 2.63. The van der Waals surface area contributed by atoms with Gasteiger partial charge in [-0.3, -0.25) is 0 Å². The molecule has 0 spiro atoms. The Labute approximate surface area is 118 Å². The molecule has 0 aliphatic rings. The topological polar surface area (TPSA) is 122 Å². The van der Waals surface area contributed by atoms with E-state index in [2.05, 4.69) is 25.3 Å². The lowest BCUT2D eigenvalue weighted by Gasteiger charge is -2.12. The van der Waals surface area contributed by atoms with Gasteiger partial charge in [0.25, 0.3) is 5.95 Å². The second-order valence-corrected chi connectivity index (χ2v) is 4.39. The first-order valence-electron chi connectivity index (χ1n) is 5.67. The van der Waals surface area contributed by atoms with Gasteiger partial charge in [0.2, 0.25) is 0 Å². The predicted octanol–water partition coefficient (Wildman–Crippen LogP) is 1.30. The van der Waals surface area contributed by atoms with Crippen molar-refractivity contribution in [2.75, 3.05) is 10.4 Å². The van der Waals surface area contributed by atoms with Gasteiger partial charge in [-0.1, -0.05) is 23.7 Å². The first-order chi connectivity index (χ1) is 9.65. The molecule has 3 rings (SSSR count). The Kier molecular flexibility index (Phi) is 3.11. The van der Waals surface area contributed by atoms with Crippen LogP contribution in [0, 0.1) is 0 Å². The number of hydrogen-bond acceptors (Lipinski definition) is 7. The van der Waals surface area contributed by atoms with Crippen LogP contribution in [0.25, 0.3) is 11.2 Å². The standard InChI is InChI=1S/C11H11ClN8/c12-6-3-1-2-4-7(6)17-10-8-9(16-5-15-8)18-11(19-10)20(13)14/h1-5H,13-14H2,(H2,15,16,17,18,19). The zero-order chi connectivity index (χ0) is 14.1. The van der Waals surface area contributed by atoms with E-state index in [1.807, 2.05) is 18.2 Å². The lowest BCUT2D eigenvalue weighted by atomic mass is 10.3. The Morgan fingerprint density at radius 2 is 2.00 bits per heavy atom. The predicted molar refractivity (Wildman–Crippen MR) is 77.3 cm³/mol. The highest BCUT2D eigenvalue weighted by Crippen LogP contribution is 2.27. The maximum atomic E-state index is 6.11. The Hall–Kier alpha value is -2.42. The number of rotatable bonds is 3. The Balaban J connectivity index is 2.10. The minimum absolute atomic E-state index is 0.138. The van der Waals surface area contributed by atoms with E-state index in [0.29, 0.717) is 27.7 Å². The molecule has 0 bridgehead atoms. The molecule has 0 saturated carbocycles. The smallest absolute Gasteiger partial charge is 0.259 e. The van der Waals surface area contributed by atoms with Crippen molar-refractivity contribution in [3.8, 4) is 0 Å². The van der Waals surface area contributed by atoms with E-state index >= 15 is 0 Å². The molecule has 8 nitrogen and oxygen atoms in total. The minimum atomic E-state index is 0.138. The van der Waals surface area contributed by atoms with Crippen molar-refractivity contribution < 1.29 is 0 Å². The quantitative estimate of drug-likeness (QED) is 0.423. The van der Waals surface area contributed by atoms with Crippen LogP contribution in [-0.2, 0) is 0 Å². The Morgan fingerprint density at radius 3 is 2.75 bits per heavy atom. The zero-order valence-corrected chi connectivity index (χ0v) is 11.0. The number of fused-ring (bicyclic) bond motifs is 1. The second kappa shape index (κ2) is 4.93. The zero-order valence-electron chi connectivity index (χ0n) is 10.2. The first-order valence-corrected chi connectivity index (χ1v) is 6.05. The number of nitrogens with two attached hydrogens (primary N) is 2. The van der Waals surface area contributed by atoms with Crippen LogP contribution in [0.5, 0.6) is 0 Å². The molecule has 0 amide bonds. The SMILES string of the molecule is NN(N)c1nc(Nc2ccccc2Cl)c2[nH]cnc2n1. The van der Waals surface area contributed by atoms with E-state index in [9.17, 15) is 0 Å². The summed E-state index contributed by atoms with van der Waals surface area (Å²) in [5.41, 5.74) is 1.79. The molecule has 2 aromatic heterocycles. The van der Waals surface area contributed by atoms with Gasteiger partial charge in [-0.05, 0) is 12.1 Å². The average molecular weight is 291 g/mol. The lowest BCUT2D eigenvalue weighted by molar-refractivity contribution is 0.868. The molecule has 0 unspecified atom stereocenters. The number of benzene rings is 1. The third-order valence-corrected chi connectivity index (χ3v) is 2.96. The molecular formula is C11H11ClN8. The maximum absolute atomic E-state index is 6.11. The number of H-pyrrole nitrogens is 1. The van der Waals surface area contributed by atoms with Gasteiger partial charge in [0.15, 0.2) is 11.5 Å². The fourth-order valence-corrected chi connectivity index (χ4v) is 1.90. The van der Waals surface area contributed by atoms with Crippen LogP contribution < -0.4 is 22.1 Å². The molecule has 6 N–H and O–H groups in total. The van der Waals surface area contributed by atoms with E-state index < -0.39 is 0 Å². The summed E-state index contributed by atoms with van der Waals surface area (Å²) in [6.07, 6.45) is 1.51. The number of nitrogens with zero attached hydrogens (tertiary/aromatic N) is 4. The number of hydrogen-bond donors (Lipinski definition) is 4. The van der Waals surface area contributed by atoms with Gasteiger partial charge < -0.3 is 10.3 Å². The molecule has 0 saturated heterocycles. The fraction of sp³-hybridized carbons (Fsp3) is 0. The number of halogens is 1. The highest BCUT2D eigenvalue weighted by molar-refractivity contribution is 6.33. The summed E-state index contributed by atoms with van der Waals surface area (Å²) in [7, 11) is 0. The largest absolute Gasteiger partial charge is 0.340 e. The van der Waals surface area contributed by atoms with Gasteiger partial charge >= 0.3 is 0 Å². The molecule has 0 aliphatic heterocycles. The molecule has 102 valence electrons. The van der Waals surface area contributed by atoms with Crippen molar-refractivity contribution in [2.24, 2.45) is 11.7 Å². The van der Waals surface area contributed by atoms with Crippen molar-refractivity contribution in [2.45, 2.75) is 0 Å².